The molecule has 156 valence electrons. The predicted octanol–water partition coefficient (Wildman–Crippen LogP) is 4.21. The number of hydrazine groups is 1. The summed E-state index contributed by atoms with van der Waals surface area (Å²) in [5, 5.41) is 0. The number of aryl methyl sites for hydroxylation is 1. The van der Waals surface area contributed by atoms with E-state index in [1.165, 1.54) is 68.8 Å². The van der Waals surface area contributed by atoms with Crippen molar-refractivity contribution in [2.75, 3.05) is 0 Å². The van der Waals surface area contributed by atoms with Gasteiger partial charge in [-0.15, -0.1) is 0 Å². The van der Waals surface area contributed by atoms with Crippen LogP contribution in [0.1, 0.15) is 80.8 Å². The molecule has 2 N–H and O–H groups in total. The fourth-order valence-electron chi connectivity index (χ4n) is 7.10. The summed E-state index contributed by atoms with van der Waals surface area (Å²) < 4.78 is 2.37. The van der Waals surface area contributed by atoms with Gasteiger partial charge in [0, 0.05) is 29.9 Å². The summed E-state index contributed by atoms with van der Waals surface area (Å²) in [6, 6.07) is 2.76. The second kappa shape index (κ2) is 7.03. The van der Waals surface area contributed by atoms with Crippen molar-refractivity contribution in [2.24, 2.45) is 23.2 Å². The Bertz CT molecular complexity index is 826. The molecule has 5 saturated carbocycles. The number of nitrogens with zero attached hydrogens (tertiary/aromatic N) is 1. The fourth-order valence-corrected chi connectivity index (χ4v) is 7.10. The molecule has 5 fully saturated rings. The number of nitrogens with one attached hydrogen (secondary N) is 2. The number of carbonyl (C=O) groups is 2. The fraction of sp³-hybridized carbons (Fsp3) is 0.667. The molecule has 1 heterocycles. The normalized spacial score (nSPS) is 32.7. The Morgan fingerprint density at radius 1 is 1.07 bits per heavy atom. The molecular weight excluding hydrogens is 362 g/mol. The third kappa shape index (κ3) is 3.76. The van der Waals surface area contributed by atoms with E-state index in [0.717, 1.165) is 23.3 Å². The van der Waals surface area contributed by atoms with E-state index in [0.29, 0.717) is 12.5 Å². The van der Waals surface area contributed by atoms with E-state index in [2.05, 4.69) is 35.3 Å². The molecule has 0 saturated heterocycles. The minimum atomic E-state index is -0.278. The van der Waals surface area contributed by atoms with Gasteiger partial charge < -0.3 is 4.57 Å². The molecule has 0 spiro atoms. The molecule has 29 heavy (non-hydrogen) atoms. The maximum absolute atomic E-state index is 12.5. The summed E-state index contributed by atoms with van der Waals surface area (Å²) in [5.74, 6) is 2.18. The second-order valence-electron chi connectivity index (χ2n) is 10.4. The van der Waals surface area contributed by atoms with Crippen molar-refractivity contribution in [1.82, 2.24) is 15.4 Å². The summed E-state index contributed by atoms with van der Waals surface area (Å²) in [6.45, 7) is 4.23. The van der Waals surface area contributed by atoms with Crippen LogP contribution in [-0.4, -0.2) is 16.4 Å². The van der Waals surface area contributed by atoms with Crippen LogP contribution in [0.15, 0.2) is 12.1 Å². The molecule has 0 atom stereocenters. The molecule has 0 radical (unpaired) electrons. The van der Waals surface area contributed by atoms with Crippen LogP contribution in [0.3, 0.4) is 0 Å². The zero-order valence-electron chi connectivity index (χ0n) is 17.7. The minimum absolute atomic E-state index is 0.0411. The smallest absolute Gasteiger partial charge is 0.262 e. The monoisotopic (exact) mass is 395 g/mol. The molecule has 5 aliphatic carbocycles. The molecule has 5 nitrogen and oxygen atoms in total. The molecule has 1 aromatic heterocycles. The molecule has 1 aromatic rings. The zero-order chi connectivity index (χ0) is 20.2. The van der Waals surface area contributed by atoms with Crippen LogP contribution in [0, 0.1) is 37.0 Å². The van der Waals surface area contributed by atoms with Gasteiger partial charge in [0.1, 0.15) is 0 Å². The lowest BCUT2D eigenvalue weighted by Crippen LogP contribution is -2.49. The van der Waals surface area contributed by atoms with Crippen LogP contribution < -0.4 is 10.9 Å². The van der Waals surface area contributed by atoms with Gasteiger partial charge in [-0.1, -0.05) is 0 Å². The number of rotatable bonds is 5. The standard InChI is InChI=1S/C24H33N3O2/c1-15-7-20(16(2)27(15)21-4-5-21)3-6-22(28)25-26-23(29)14-24-11-17-8-18(12-24)10-19(9-17)13-24/h3,6-7,17-19,21H,4-5,8-14H2,1-2H3,(H,25,28)(H,26,29)/b6-3+. The van der Waals surface area contributed by atoms with Crippen molar-refractivity contribution in [3.63, 3.8) is 0 Å². The highest BCUT2D eigenvalue weighted by atomic mass is 16.2. The number of hydrogen-bond acceptors (Lipinski definition) is 2. The third-order valence-electron chi connectivity index (χ3n) is 7.88. The van der Waals surface area contributed by atoms with Gasteiger partial charge in [0.2, 0.25) is 5.91 Å². The van der Waals surface area contributed by atoms with E-state index in [-0.39, 0.29) is 17.2 Å². The lowest BCUT2D eigenvalue weighted by atomic mass is 9.49. The van der Waals surface area contributed by atoms with Crippen molar-refractivity contribution in [3.8, 4) is 0 Å². The van der Waals surface area contributed by atoms with Crippen LogP contribution in [0.2, 0.25) is 0 Å². The summed E-state index contributed by atoms with van der Waals surface area (Å²) in [5.41, 5.74) is 8.96. The van der Waals surface area contributed by atoms with Gasteiger partial charge in [-0.3, -0.25) is 20.4 Å². The highest BCUT2D eigenvalue weighted by molar-refractivity contribution is 5.93. The van der Waals surface area contributed by atoms with Gasteiger partial charge in [0.05, 0.1) is 0 Å². The number of amides is 2. The quantitative estimate of drug-likeness (QED) is 0.579. The average Bonchev–Trinajstić information content (AvgIpc) is 3.42. The Morgan fingerprint density at radius 3 is 2.28 bits per heavy atom. The molecule has 0 aromatic carbocycles. The Morgan fingerprint density at radius 2 is 1.69 bits per heavy atom. The minimum Gasteiger partial charge on any atom is -0.346 e. The Balaban J connectivity index is 1.14. The first kappa shape index (κ1) is 19.0. The maximum Gasteiger partial charge on any atom is 0.262 e. The van der Waals surface area contributed by atoms with Crippen molar-refractivity contribution >= 4 is 17.9 Å². The summed E-state index contributed by atoms with van der Waals surface area (Å²) in [6.07, 6.45) is 14.2. The molecule has 5 aliphatic rings. The molecule has 0 unspecified atom stereocenters. The summed E-state index contributed by atoms with van der Waals surface area (Å²) in [7, 11) is 0. The van der Waals surface area contributed by atoms with Crippen molar-refractivity contribution in [2.45, 2.75) is 77.7 Å². The largest absolute Gasteiger partial charge is 0.346 e. The number of aromatic nitrogens is 1. The van der Waals surface area contributed by atoms with Crippen molar-refractivity contribution < 1.29 is 9.59 Å². The number of carbonyl (C=O) groups excluding carboxylic acids is 2. The van der Waals surface area contributed by atoms with Gasteiger partial charge in [0.15, 0.2) is 0 Å². The van der Waals surface area contributed by atoms with Crippen molar-refractivity contribution in [3.05, 3.63) is 29.1 Å². The summed E-state index contributed by atoms with van der Waals surface area (Å²) in [4.78, 5) is 24.8. The zero-order valence-corrected chi connectivity index (χ0v) is 17.7. The Hall–Kier alpha value is -2.04. The van der Waals surface area contributed by atoms with Crippen LogP contribution in [0.5, 0.6) is 0 Å². The van der Waals surface area contributed by atoms with Gasteiger partial charge in [-0.2, -0.15) is 0 Å². The molecule has 5 heteroatoms. The molecule has 2 amide bonds. The third-order valence-corrected chi connectivity index (χ3v) is 7.88. The van der Waals surface area contributed by atoms with E-state index in [4.69, 9.17) is 0 Å². The average molecular weight is 396 g/mol. The first-order chi connectivity index (χ1) is 13.9. The second-order valence-corrected chi connectivity index (χ2v) is 10.4. The first-order valence-electron chi connectivity index (χ1n) is 11.4. The van der Waals surface area contributed by atoms with Crippen LogP contribution in [0.4, 0.5) is 0 Å². The molecule has 0 aliphatic heterocycles. The van der Waals surface area contributed by atoms with Gasteiger partial charge in [0.25, 0.3) is 5.91 Å². The first-order valence-corrected chi connectivity index (χ1v) is 11.4. The highest BCUT2D eigenvalue weighted by Gasteiger charge is 2.51. The van der Waals surface area contributed by atoms with Crippen LogP contribution in [-0.2, 0) is 9.59 Å². The SMILES string of the molecule is Cc1cc(/C=C/C(=O)NNC(=O)CC23CC4CC(CC(C4)C2)C3)c(C)n1C1CC1. The van der Waals surface area contributed by atoms with E-state index in [1.807, 2.05) is 6.08 Å². The van der Waals surface area contributed by atoms with Gasteiger partial charge >= 0.3 is 0 Å². The van der Waals surface area contributed by atoms with E-state index in [9.17, 15) is 9.59 Å². The predicted molar refractivity (Wildman–Crippen MR) is 113 cm³/mol. The number of hydrogen-bond donors (Lipinski definition) is 2. The van der Waals surface area contributed by atoms with Crippen molar-refractivity contribution in [1.29, 1.82) is 0 Å². The van der Waals surface area contributed by atoms with Gasteiger partial charge in [-0.25, -0.2) is 0 Å². The maximum atomic E-state index is 12.5. The highest BCUT2D eigenvalue weighted by Crippen LogP contribution is 2.61. The molecule has 4 bridgehead atoms. The van der Waals surface area contributed by atoms with E-state index < -0.39 is 0 Å². The van der Waals surface area contributed by atoms with E-state index >= 15 is 0 Å². The molecule has 6 rings (SSSR count). The van der Waals surface area contributed by atoms with Crippen LogP contribution in [0.25, 0.3) is 6.08 Å². The summed E-state index contributed by atoms with van der Waals surface area (Å²) >= 11 is 0. The Kier molecular flexibility index (Phi) is 4.60. The van der Waals surface area contributed by atoms with E-state index in [1.54, 1.807) is 0 Å². The van der Waals surface area contributed by atoms with Gasteiger partial charge in [-0.05, 0) is 106 Å². The van der Waals surface area contributed by atoms with Crippen LogP contribution >= 0.6 is 0 Å². The lowest BCUT2D eigenvalue weighted by Gasteiger charge is -2.56. The molecular formula is C24H33N3O2. The lowest BCUT2D eigenvalue weighted by molar-refractivity contribution is -0.133. The topological polar surface area (TPSA) is 63.1 Å². The Labute approximate surface area is 173 Å².